The van der Waals surface area contributed by atoms with E-state index in [2.05, 4.69) is 71.7 Å². The number of fused-ring (bicyclic) bond motifs is 2. The predicted molar refractivity (Wildman–Crippen MR) is 155 cm³/mol. The van der Waals surface area contributed by atoms with Gasteiger partial charge in [0.2, 0.25) is 0 Å². The molecule has 3 aromatic rings. The van der Waals surface area contributed by atoms with Gasteiger partial charge in [0.1, 0.15) is 0 Å². The molecular weight excluding hydrogens is 468 g/mol. The van der Waals surface area contributed by atoms with E-state index in [0.29, 0.717) is 11.5 Å². The Morgan fingerprint density at radius 3 is 2.03 bits per heavy atom. The Morgan fingerprint density at radius 2 is 1.45 bits per heavy atom. The second-order valence-electron chi connectivity index (χ2n) is 10.4. The molecule has 0 bridgehead atoms. The lowest BCUT2D eigenvalue weighted by Crippen LogP contribution is -2.33. The van der Waals surface area contributed by atoms with Gasteiger partial charge in [0.15, 0.2) is 11.5 Å². The third-order valence-corrected chi connectivity index (χ3v) is 8.13. The fraction of sp³-hybridized carbons (Fsp3) is 0.324. The number of likely N-dealkylation sites (tertiary alicyclic amines) is 1. The van der Waals surface area contributed by atoms with E-state index in [0.717, 1.165) is 50.9 Å². The maximum Gasteiger partial charge on any atom is 0.161 e. The number of ether oxygens (including phenoxy) is 2. The fourth-order valence-electron chi connectivity index (χ4n) is 5.84. The number of nitrogens with zero attached hydrogens (tertiary/aromatic N) is 2. The minimum atomic E-state index is -0.566. The van der Waals surface area contributed by atoms with Crippen LogP contribution in [0.5, 0.6) is 11.5 Å². The van der Waals surface area contributed by atoms with E-state index in [9.17, 15) is 5.26 Å². The fourth-order valence-corrected chi connectivity index (χ4v) is 5.84. The third-order valence-electron chi connectivity index (χ3n) is 8.13. The van der Waals surface area contributed by atoms with Crippen molar-refractivity contribution >= 4 is 17.7 Å². The Bertz CT molecular complexity index is 1350. The van der Waals surface area contributed by atoms with E-state index in [1.165, 1.54) is 27.8 Å². The molecule has 1 heterocycles. The summed E-state index contributed by atoms with van der Waals surface area (Å²) in [6.07, 6.45) is 8.42. The normalized spacial score (nSPS) is 16.6. The highest BCUT2D eigenvalue weighted by atomic mass is 16.5. The molecule has 5 rings (SSSR count). The first-order valence-corrected chi connectivity index (χ1v) is 13.5. The van der Waals surface area contributed by atoms with Gasteiger partial charge >= 0.3 is 0 Å². The summed E-state index contributed by atoms with van der Waals surface area (Å²) in [4.78, 5) is 2.56. The highest BCUT2D eigenvalue weighted by Crippen LogP contribution is 2.39. The zero-order valence-corrected chi connectivity index (χ0v) is 22.7. The van der Waals surface area contributed by atoms with Crippen LogP contribution in [0.2, 0.25) is 0 Å². The number of methoxy groups -OCH3 is 2. The molecule has 1 aliphatic carbocycles. The zero-order valence-electron chi connectivity index (χ0n) is 22.7. The first-order chi connectivity index (χ1) is 18.6. The minimum absolute atomic E-state index is 0.566. The van der Waals surface area contributed by atoms with Crippen LogP contribution in [0, 0.1) is 11.3 Å². The van der Waals surface area contributed by atoms with Crippen molar-refractivity contribution in [2.24, 2.45) is 0 Å². The van der Waals surface area contributed by atoms with Gasteiger partial charge in [0, 0.05) is 13.1 Å². The predicted octanol–water partition coefficient (Wildman–Crippen LogP) is 7.35. The van der Waals surface area contributed by atoms with Gasteiger partial charge in [-0.15, -0.1) is 0 Å². The molecule has 2 aliphatic rings. The summed E-state index contributed by atoms with van der Waals surface area (Å²) in [5.74, 6) is 1.35. The number of piperidine rings is 1. The average Bonchev–Trinajstić information content (AvgIpc) is 3.14. The van der Waals surface area contributed by atoms with Crippen molar-refractivity contribution in [3.63, 3.8) is 0 Å². The molecule has 194 valence electrons. The second kappa shape index (κ2) is 11.3. The van der Waals surface area contributed by atoms with Gasteiger partial charge < -0.3 is 14.4 Å². The smallest absolute Gasteiger partial charge is 0.161 e. The number of hydrogen-bond acceptors (Lipinski definition) is 4. The number of hydrogen-bond donors (Lipinski definition) is 0. The van der Waals surface area contributed by atoms with E-state index < -0.39 is 5.41 Å². The Morgan fingerprint density at radius 1 is 0.842 bits per heavy atom. The molecule has 3 aromatic carbocycles. The Balaban J connectivity index is 1.27. The lowest BCUT2D eigenvalue weighted by atomic mass is 9.79. The molecular formula is C34H36N2O2. The Hall–Kier alpha value is -3.81. The number of benzene rings is 3. The van der Waals surface area contributed by atoms with Gasteiger partial charge in [-0.25, -0.2) is 0 Å². The van der Waals surface area contributed by atoms with E-state index >= 15 is 0 Å². The first-order valence-electron chi connectivity index (χ1n) is 13.5. The largest absolute Gasteiger partial charge is 0.493 e. The van der Waals surface area contributed by atoms with Crippen molar-refractivity contribution in [1.82, 2.24) is 4.90 Å². The standard InChI is InChI=1S/C34H36N2O2/c1-34(24-35,28-15-16-31(37-2)32(23-28)38-3)19-8-20-36-21-17-27(18-22-36)33-29-11-6-4-9-25(29)13-14-26-10-5-7-12-30(26)33/h4-7,9-16,23H,8,17-22H2,1-3H3. The van der Waals surface area contributed by atoms with E-state index in [-0.39, 0.29) is 0 Å². The molecule has 0 N–H and O–H groups in total. The van der Waals surface area contributed by atoms with Crippen molar-refractivity contribution in [2.45, 2.75) is 38.0 Å². The summed E-state index contributed by atoms with van der Waals surface area (Å²) in [5.41, 5.74) is 8.65. The Labute approximate surface area is 226 Å². The van der Waals surface area contributed by atoms with Crippen molar-refractivity contribution < 1.29 is 9.47 Å². The zero-order chi connectivity index (χ0) is 26.5. The molecule has 4 nitrogen and oxygen atoms in total. The number of rotatable bonds is 7. The molecule has 0 aromatic heterocycles. The quantitative estimate of drug-likeness (QED) is 0.264. The van der Waals surface area contributed by atoms with E-state index in [4.69, 9.17) is 9.47 Å². The van der Waals surface area contributed by atoms with E-state index in [1.807, 2.05) is 25.1 Å². The van der Waals surface area contributed by atoms with Crippen LogP contribution >= 0.6 is 0 Å². The molecule has 0 amide bonds. The molecule has 1 atom stereocenters. The van der Waals surface area contributed by atoms with Crippen LogP contribution in [0.25, 0.3) is 17.7 Å². The maximum absolute atomic E-state index is 10.1. The molecule has 0 radical (unpaired) electrons. The summed E-state index contributed by atoms with van der Waals surface area (Å²) >= 11 is 0. The highest BCUT2D eigenvalue weighted by molar-refractivity contribution is 5.94. The van der Waals surface area contributed by atoms with Crippen molar-refractivity contribution in [1.29, 1.82) is 5.26 Å². The van der Waals surface area contributed by atoms with Crippen LogP contribution < -0.4 is 9.47 Å². The number of nitriles is 1. The summed E-state index contributed by atoms with van der Waals surface area (Å²) < 4.78 is 10.9. The summed E-state index contributed by atoms with van der Waals surface area (Å²) in [6, 6.07) is 25.9. The van der Waals surface area contributed by atoms with Crippen LogP contribution in [0.3, 0.4) is 0 Å². The van der Waals surface area contributed by atoms with Gasteiger partial charge in [-0.3, -0.25) is 0 Å². The lowest BCUT2D eigenvalue weighted by Gasteiger charge is -2.31. The second-order valence-corrected chi connectivity index (χ2v) is 10.4. The third kappa shape index (κ3) is 5.12. The summed E-state index contributed by atoms with van der Waals surface area (Å²) in [6.45, 7) is 5.14. The SMILES string of the molecule is COc1ccc(C(C)(C#N)CCCN2CCC(=C3c4ccccc4C=Cc4ccccc43)CC2)cc1OC. The van der Waals surface area contributed by atoms with Crippen molar-refractivity contribution in [3.05, 3.63) is 100 Å². The molecule has 0 saturated carbocycles. The van der Waals surface area contributed by atoms with Crippen LogP contribution in [0.1, 0.15) is 60.4 Å². The molecule has 1 aliphatic heterocycles. The summed E-state index contributed by atoms with van der Waals surface area (Å²) in [7, 11) is 3.26. The van der Waals surface area contributed by atoms with Crippen LogP contribution in [0.4, 0.5) is 0 Å². The van der Waals surface area contributed by atoms with Crippen LogP contribution in [-0.4, -0.2) is 38.8 Å². The molecule has 38 heavy (non-hydrogen) atoms. The van der Waals surface area contributed by atoms with Gasteiger partial charge in [0.05, 0.1) is 25.7 Å². The van der Waals surface area contributed by atoms with Crippen LogP contribution in [-0.2, 0) is 5.41 Å². The van der Waals surface area contributed by atoms with Gasteiger partial charge in [0.25, 0.3) is 0 Å². The van der Waals surface area contributed by atoms with Gasteiger partial charge in [-0.1, -0.05) is 72.3 Å². The van der Waals surface area contributed by atoms with Gasteiger partial charge in [-0.05, 0) is 84.7 Å². The molecule has 0 spiro atoms. The Kier molecular flexibility index (Phi) is 7.67. The molecule has 4 heteroatoms. The molecule has 1 fully saturated rings. The van der Waals surface area contributed by atoms with Crippen LogP contribution in [0.15, 0.2) is 72.3 Å². The van der Waals surface area contributed by atoms with Crippen molar-refractivity contribution in [3.8, 4) is 17.6 Å². The highest BCUT2D eigenvalue weighted by Gasteiger charge is 2.28. The average molecular weight is 505 g/mol. The van der Waals surface area contributed by atoms with Gasteiger partial charge in [-0.2, -0.15) is 5.26 Å². The van der Waals surface area contributed by atoms with Crippen molar-refractivity contribution in [2.75, 3.05) is 33.9 Å². The lowest BCUT2D eigenvalue weighted by molar-refractivity contribution is 0.246. The van der Waals surface area contributed by atoms with E-state index in [1.54, 1.807) is 19.8 Å². The summed E-state index contributed by atoms with van der Waals surface area (Å²) in [5, 5.41) is 10.1. The first kappa shape index (κ1) is 25.8. The monoisotopic (exact) mass is 504 g/mol. The minimum Gasteiger partial charge on any atom is -0.493 e. The molecule has 1 saturated heterocycles. The molecule has 1 unspecified atom stereocenters. The maximum atomic E-state index is 10.1. The topological polar surface area (TPSA) is 45.5 Å².